The monoisotopic (exact) mass is 480 g/mol. The standard InChI is InChI=1S/C23H21FN6O3S/c1-11-8-25-19-18-12-3-6-16(27-13(12)4-5-14(18)34-20(19)21(31)26-11)29-22-28-15(24)7-17(30-22)33-23(2)9-32-10-23/h3-7,11,25H,8-10H2,1-2H3,(H,26,31)(H,27,28,29,30)/t11-/m1/s1. The number of fused-ring (bicyclic) bond motifs is 5. The number of thiophene rings is 1. The van der Waals surface area contributed by atoms with E-state index in [9.17, 15) is 9.18 Å². The van der Waals surface area contributed by atoms with Crippen LogP contribution in [0.25, 0.3) is 21.0 Å². The van der Waals surface area contributed by atoms with Crippen molar-refractivity contribution in [3.05, 3.63) is 41.2 Å². The summed E-state index contributed by atoms with van der Waals surface area (Å²) in [5, 5.41) is 11.3. The summed E-state index contributed by atoms with van der Waals surface area (Å²) in [6, 6.07) is 8.74. The number of nitrogens with zero attached hydrogens (tertiary/aromatic N) is 3. The Balaban J connectivity index is 1.35. The van der Waals surface area contributed by atoms with E-state index in [1.54, 1.807) is 6.07 Å². The third-order valence-electron chi connectivity index (χ3n) is 5.77. The summed E-state index contributed by atoms with van der Waals surface area (Å²) in [5.74, 6) is -0.149. The third-order valence-corrected chi connectivity index (χ3v) is 6.92. The molecule has 9 nitrogen and oxygen atoms in total. The van der Waals surface area contributed by atoms with Gasteiger partial charge in [-0.15, -0.1) is 11.3 Å². The van der Waals surface area contributed by atoms with E-state index < -0.39 is 11.5 Å². The molecule has 0 unspecified atom stereocenters. The first-order valence-corrected chi connectivity index (χ1v) is 11.7. The predicted molar refractivity (Wildman–Crippen MR) is 128 cm³/mol. The zero-order valence-electron chi connectivity index (χ0n) is 18.4. The second kappa shape index (κ2) is 7.74. The van der Waals surface area contributed by atoms with Crippen LogP contribution in [0.1, 0.15) is 23.5 Å². The highest BCUT2D eigenvalue weighted by Crippen LogP contribution is 2.41. The number of pyridine rings is 1. The first-order chi connectivity index (χ1) is 16.4. The van der Waals surface area contributed by atoms with E-state index >= 15 is 0 Å². The van der Waals surface area contributed by atoms with Crippen LogP contribution in [-0.4, -0.2) is 52.3 Å². The van der Waals surface area contributed by atoms with E-state index in [-0.39, 0.29) is 23.8 Å². The number of nitrogens with one attached hydrogen (secondary N) is 3. The molecule has 3 aromatic heterocycles. The average Bonchev–Trinajstić information content (AvgIpc) is 3.08. The topological polar surface area (TPSA) is 110 Å². The van der Waals surface area contributed by atoms with E-state index in [4.69, 9.17) is 9.47 Å². The molecule has 2 aliphatic rings. The average molecular weight is 481 g/mol. The van der Waals surface area contributed by atoms with Gasteiger partial charge in [0.25, 0.3) is 5.91 Å². The lowest BCUT2D eigenvalue weighted by molar-refractivity contribution is -0.151. The van der Waals surface area contributed by atoms with Crippen LogP contribution >= 0.6 is 11.3 Å². The second-order valence-electron chi connectivity index (χ2n) is 8.79. The molecule has 174 valence electrons. The molecule has 4 aromatic rings. The van der Waals surface area contributed by atoms with Crippen LogP contribution in [-0.2, 0) is 4.74 Å². The maximum atomic E-state index is 14.1. The summed E-state index contributed by atoms with van der Waals surface area (Å²) < 4.78 is 26.1. The summed E-state index contributed by atoms with van der Waals surface area (Å²) in [6.07, 6.45) is 0. The van der Waals surface area contributed by atoms with Crippen LogP contribution in [0, 0.1) is 5.95 Å². The number of anilines is 3. The molecule has 34 heavy (non-hydrogen) atoms. The summed E-state index contributed by atoms with van der Waals surface area (Å²) in [6.45, 7) is 5.32. The van der Waals surface area contributed by atoms with Crippen molar-refractivity contribution in [3.63, 3.8) is 0 Å². The Labute approximate surface area is 197 Å². The van der Waals surface area contributed by atoms with Crippen LogP contribution in [0.15, 0.2) is 30.3 Å². The first-order valence-electron chi connectivity index (χ1n) is 10.9. The number of rotatable bonds is 4. The molecule has 1 fully saturated rings. The van der Waals surface area contributed by atoms with Crippen molar-refractivity contribution in [2.24, 2.45) is 0 Å². The maximum Gasteiger partial charge on any atom is 0.263 e. The Bertz CT molecular complexity index is 1450. The molecule has 1 atom stereocenters. The number of benzene rings is 1. The molecular formula is C23H21FN6O3S. The van der Waals surface area contributed by atoms with Crippen molar-refractivity contribution >= 4 is 55.7 Å². The Hall–Kier alpha value is -3.57. The van der Waals surface area contributed by atoms with Gasteiger partial charge in [0, 0.05) is 28.1 Å². The van der Waals surface area contributed by atoms with Gasteiger partial charge >= 0.3 is 0 Å². The largest absolute Gasteiger partial charge is 0.466 e. The van der Waals surface area contributed by atoms with Gasteiger partial charge in [0.1, 0.15) is 10.7 Å². The van der Waals surface area contributed by atoms with Gasteiger partial charge in [-0.05, 0) is 38.1 Å². The molecule has 1 amide bonds. The van der Waals surface area contributed by atoms with Gasteiger partial charge in [0.15, 0.2) is 5.60 Å². The van der Waals surface area contributed by atoms with Crippen LogP contribution in [0.2, 0.25) is 0 Å². The number of aromatic nitrogens is 3. The van der Waals surface area contributed by atoms with Gasteiger partial charge in [0.2, 0.25) is 17.8 Å². The lowest BCUT2D eigenvalue weighted by Crippen LogP contribution is -2.51. The van der Waals surface area contributed by atoms with Gasteiger partial charge < -0.3 is 25.4 Å². The summed E-state index contributed by atoms with van der Waals surface area (Å²) in [5.41, 5.74) is 1.04. The highest BCUT2D eigenvalue weighted by atomic mass is 32.1. The Morgan fingerprint density at radius 1 is 1.24 bits per heavy atom. The fourth-order valence-corrected chi connectivity index (χ4v) is 5.21. The zero-order valence-corrected chi connectivity index (χ0v) is 19.3. The molecule has 2 aliphatic heterocycles. The van der Waals surface area contributed by atoms with Crippen LogP contribution in [0.3, 0.4) is 0 Å². The van der Waals surface area contributed by atoms with Crippen molar-refractivity contribution in [1.29, 1.82) is 0 Å². The Morgan fingerprint density at radius 2 is 2.09 bits per heavy atom. The highest BCUT2D eigenvalue weighted by molar-refractivity contribution is 7.21. The molecule has 0 bridgehead atoms. The smallest absolute Gasteiger partial charge is 0.263 e. The predicted octanol–water partition coefficient (Wildman–Crippen LogP) is 3.83. The van der Waals surface area contributed by atoms with Crippen molar-refractivity contribution in [2.45, 2.75) is 25.5 Å². The number of hydrogen-bond donors (Lipinski definition) is 3. The Kier molecular flexibility index (Phi) is 4.78. The Morgan fingerprint density at radius 3 is 2.88 bits per heavy atom. The van der Waals surface area contributed by atoms with E-state index in [2.05, 4.69) is 30.9 Å². The molecule has 0 spiro atoms. The summed E-state index contributed by atoms with van der Waals surface area (Å²) in [7, 11) is 0. The number of carbonyl (C=O) groups excluding carboxylic acids is 1. The van der Waals surface area contributed by atoms with Gasteiger partial charge in [-0.2, -0.15) is 14.4 Å². The first kappa shape index (κ1) is 21.0. The molecule has 0 saturated carbocycles. The van der Waals surface area contributed by atoms with Crippen molar-refractivity contribution in [3.8, 4) is 5.88 Å². The minimum atomic E-state index is -0.710. The normalized spacial score (nSPS) is 19.0. The second-order valence-corrected chi connectivity index (χ2v) is 9.84. The molecule has 6 rings (SSSR count). The molecule has 0 radical (unpaired) electrons. The lowest BCUT2D eigenvalue weighted by atomic mass is 10.1. The van der Waals surface area contributed by atoms with Gasteiger partial charge in [-0.25, -0.2) is 4.98 Å². The fraction of sp³-hybridized carbons (Fsp3) is 0.304. The molecule has 3 N–H and O–H groups in total. The summed E-state index contributed by atoms with van der Waals surface area (Å²) in [4.78, 5) is 26.0. The molecule has 5 heterocycles. The molecule has 1 aromatic carbocycles. The van der Waals surface area contributed by atoms with E-state index in [0.717, 1.165) is 32.7 Å². The number of halogens is 1. The van der Waals surface area contributed by atoms with Crippen LogP contribution in [0.4, 0.5) is 21.8 Å². The van der Waals surface area contributed by atoms with Gasteiger partial charge in [-0.1, -0.05) is 0 Å². The summed E-state index contributed by atoms with van der Waals surface area (Å²) >= 11 is 1.46. The van der Waals surface area contributed by atoms with Crippen molar-refractivity contribution in [1.82, 2.24) is 20.3 Å². The number of ether oxygens (including phenoxy) is 2. The maximum absolute atomic E-state index is 14.1. The minimum Gasteiger partial charge on any atom is -0.466 e. The SMILES string of the molecule is C[C@@H]1CNc2c(sc3ccc4nc(Nc5nc(F)cc(OC6(C)COC6)n5)ccc4c23)C(=O)N1. The number of amides is 1. The lowest BCUT2D eigenvalue weighted by Gasteiger charge is -2.37. The van der Waals surface area contributed by atoms with Crippen molar-refractivity contribution < 1.29 is 18.7 Å². The molecule has 1 saturated heterocycles. The molecule has 0 aliphatic carbocycles. The van der Waals surface area contributed by atoms with Crippen LogP contribution in [0.5, 0.6) is 5.88 Å². The third kappa shape index (κ3) is 3.66. The van der Waals surface area contributed by atoms with E-state index in [1.807, 2.05) is 32.0 Å². The van der Waals surface area contributed by atoms with E-state index in [0.29, 0.717) is 30.5 Å². The molecular weight excluding hydrogens is 459 g/mol. The van der Waals surface area contributed by atoms with Crippen LogP contribution < -0.4 is 20.7 Å². The quantitative estimate of drug-likeness (QED) is 0.378. The van der Waals surface area contributed by atoms with Crippen molar-refractivity contribution in [2.75, 3.05) is 30.4 Å². The minimum absolute atomic E-state index is 0.0330. The van der Waals surface area contributed by atoms with Gasteiger partial charge in [0.05, 0.1) is 30.5 Å². The highest BCUT2D eigenvalue weighted by Gasteiger charge is 2.36. The van der Waals surface area contributed by atoms with Gasteiger partial charge in [-0.3, -0.25) is 4.79 Å². The molecule has 11 heteroatoms. The number of carbonyl (C=O) groups is 1. The fourth-order valence-electron chi connectivity index (χ4n) is 4.12. The zero-order chi connectivity index (χ0) is 23.4. The van der Waals surface area contributed by atoms with E-state index in [1.165, 1.54) is 11.3 Å². The number of hydrogen-bond acceptors (Lipinski definition) is 9.